The van der Waals surface area contributed by atoms with E-state index in [4.69, 9.17) is 9.84 Å². The molecule has 0 aliphatic heterocycles. The summed E-state index contributed by atoms with van der Waals surface area (Å²) in [6, 6.07) is 4.27. The predicted octanol–water partition coefficient (Wildman–Crippen LogP) is 1.40. The molecule has 4 N–H and O–H groups in total. The van der Waals surface area contributed by atoms with Gasteiger partial charge in [-0.25, -0.2) is 9.59 Å². The summed E-state index contributed by atoms with van der Waals surface area (Å²) >= 11 is 0. The van der Waals surface area contributed by atoms with Gasteiger partial charge in [0.05, 0.1) is 6.04 Å². The van der Waals surface area contributed by atoms with E-state index in [2.05, 4.69) is 5.32 Å². The summed E-state index contributed by atoms with van der Waals surface area (Å²) in [5.74, 6) is -1.50. The number of carboxylic acid groups (broad SMARTS) is 1. The molecular formula is C14H19NO6. The Balaban J connectivity index is 2.95. The Morgan fingerprint density at radius 3 is 2.14 bits per heavy atom. The minimum Gasteiger partial charge on any atom is -0.508 e. The Kier molecular flexibility index (Phi) is 5.15. The topological polar surface area (TPSA) is 116 Å². The maximum absolute atomic E-state index is 11.7. The number of hydrogen-bond acceptors (Lipinski definition) is 5. The highest BCUT2D eigenvalue weighted by atomic mass is 16.6. The molecule has 0 saturated heterocycles. The lowest BCUT2D eigenvalue weighted by Gasteiger charge is -2.25. The van der Waals surface area contributed by atoms with Gasteiger partial charge in [0.25, 0.3) is 0 Å². The molecule has 0 bridgehead atoms. The number of ether oxygens (including phenoxy) is 1. The zero-order valence-electron chi connectivity index (χ0n) is 12.0. The Morgan fingerprint density at radius 1 is 1.19 bits per heavy atom. The second kappa shape index (κ2) is 6.45. The molecule has 0 radical (unpaired) electrons. The molecule has 0 saturated carbocycles. The molecule has 2 atom stereocenters. The van der Waals surface area contributed by atoms with E-state index >= 15 is 0 Å². The van der Waals surface area contributed by atoms with E-state index in [0.29, 0.717) is 5.56 Å². The molecule has 0 heterocycles. The molecular weight excluding hydrogens is 278 g/mol. The van der Waals surface area contributed by atoms with Crippen molar-refractivity contribution in [1.82, 2.24) is 5.32 Å². The number of amides is 1. The van der Waals surface area contributed by atoms with E-state index in [1.807, 2.05) is 0 Å². The van der Waals surface area contributed by atoms with Gasteiger partial charge in [0.15, 0.2) is 6.10 Å². The van der Waals surface area contributed by atoms with Gasteiger partial charge in [-0.1, -0.05) is 12.1 Å². The molecule has 116 valence electrons. The summed E-state index contributed by atoms with van der Waals surface area (Å²) in [6.07, 6.45) is -2.69. The smallest absolute Gasteiger partial charge is 0.408 e. The quantitative estimate of drug-likeness (QED) is 0.667. The van der Waals surface area contributed by atoms with Crippen LogP contribution in [0.25, 0.3) is 0 Å². The molecule has 0 fully saturated rings. The lowest BCUT2D eigenvalue weighted by atomic mass is 10.0. The lowest BCUT2D eigenvalue weighted by molar-refractivity contribution is -0.148. The fraction of sp³-hybridized carbons (Fsp3) is 0.429. The standard InChI is InChI=1S/C14H19NO6/c1-14(2,3)21-13(20)15-10(11(17)12(18)19)8-4-6-9(16)7-5-8/h4-7,10-11,16-17H,1-3H3,(H,15,20)(H,18,19)/t10-,11-/m0/s1. The number of carbonyl (C=O) groups is 2. The largest absolute Gasteiger partial charge is 0.508 e. The Morgan fingerprint density at radius 2 is 1.71 bits per heavy atom. The van der Waals surface area contributed by atoms with E-state index < -0.39 is 29.8 Å². The zero-order valence-corrected chi connectivity index (χ0v) is 12.0. The third kappa shape index (κ3) is 5.31. The highest BCUT2D eigenvalue weighted by Crippen LogP contribution is 2.21. The maximum atomic E-state index is 11.7. The number of nitrogens with one attached hydrogen (secondary N) is 1. The number of alkyl carbamates (subject to hydrolysis) is 1. The summed E-state index contributed by atoms with van der Waals surface area (Å²) in [4.78, 5) is 22.7. The first-order chi connectivity index (χ1) is 9.60. The highest BCUT2D eigenvalue weighted by molar-refractivity contribution is 5.75. The van der Waals surface area contributed by atoms with Gasteiger partial charge in [0, 0.05) is 0 Å². The van der Waals surface area contributed by atoms with Gasteiger partial charge >= 0.3 is 12.1 Å². The normalized spacial score (nSPS) is 14.1. The van der Waals surface area contributed by atoms with Crippen LogP contribution >= 0.6 is 0 Å². The number of benzene rings is 1. The molecule has 0 aliphatic rings. The molecule has 7 heteroatoms. The van der Waals surface area contributed by atoms with Crippen molar-refractivity contribution >= 4 is 12.1 Å². The number of aliphatic hydroxyl groups is 1. The summed E-state index contributed by atoms with van der Waals surface area (Å²) in [7, 11) is 0. The van der Waals surface area contributed by atoms with Crippen molar-refractivity contribution in [2.24, 2.45) is 0 Å². The number of phenolic OH excluding ortho intramolecular Hbond substituents is 1. The van der Waals surface area contributed by atoms with Gasteiger partial charge in [-0.3, -0.25) is 0 Å². The summed E-state index contributed by atoms with van der Waals surface area (Å²) < 4.78 is 5.04. The van der Waals surface area contributed by atoms with Crippen molar-refractivity contribution in [3.8, 4) is 5.75 Å². The van der Waals surface area contributed by atoms with E-state index in [0.717, 1.165) is 0 Å². The van der Waals surface area contributed by atoms with Crippen molar-refractivity contribution in [3.05, 3.63) is 29.8 Å². The van der Waals surface area contributed by atoms with Crippen molar-refractivity contribution in [2.75, 3.05) is 0 Å². The Hall–Kier alpha value is -2.28. The van der Waals surface area contributed by atoms with Gasteiger partial charge in [-0.2, -0.15) is 0 Å². The van der Waals surface area contributed by atoms with Gasteiger partial charge in [0.1, 0.15) is 11.4 Å². The minimum atomic E-state index is -1.85. The number of hydrogen-bond donors (Lipinski definition) is 4. The molecule has 7 nitrogen and oxygen atoms in total. The van der Waals surface area contributed by atoms with Gasteiger partial charge in [-0.15, -0.1) is 0 Å². The van der Waals surface area contributed by atoms with Crippen molar-refractivity contribution in [2.45, 2.75) is 38.5 Å². The minimum absolute atomic E-state index is 0.0143. The van der Waals surface area contributed by atoms with Crippen LogP contribution < -0.4 is 5.32 Å². The first-order valence-electron chi connectivity index (χ1n) is 6.29. The first kappa shape index (κ1) is 16.8. The number of aliphatic hydroxyl groups excluding tert-OH is 1. The average molecular weight is 297 g/mol. The SMILES string of the molecule is CC(C)(C)OC(=O)N[C@@H](c1ccc(O)cc1)[C@H](O)C(=O)O. The van der Waals surface area contributed by atoms with Crippen molar-refractivity contribution in [3.63, 3.8) is 0 Å². The number of rotatable bonds is 4. The van der Waals surface area contributed by atoms with Crippen LogP contribution in [0.1, 0.15) is 32.4 Å². The average Bonchev–Trinajstić information content (AvgIpc) is 2.34. The van der Waals surface area contributed by atoms with E-state index in [-0.39, 0.29) is 5.75 Å². The van der Waals surface area contributed by atoms with Crippen LogP contribution in [0.5, 0.6) is 5.75 Å². The second-order valence-electron chi connectivity index (χ2n) is 5.50. The molecule has 21 heavy (non-hydrogen) atoms. The molecule has 0 aromatic heterocycles. The first-order valence-corrected chi connectivity index (χ1v) is 6.29. The van der Waals surface area contributed by atoms with Crippen LogP contribution in [-0.4, -0.2) is 39.1 Å². The highest BCUT2D eigenvalue weighted by Gasteiger charge is 2.30. The van der Waals surface area contributed by atoms with Crippen LogP contribution in [0, 0.1) is 0 Å². The third-order valence-corrected chi connectivity index (χ3v) is 2.49. The monoisotopic (exact) mass is 297 g/mol. The number of aromatic hydroxyl groups is 1. The van der Waals surface area contributed by atoms with E-state index in [1.54, 1.807) is 20.8 Å². The number of carbonyl (C=O) groups excluding carboxylic acids is 1. The van der Waals surface area contributed by atoms with Crippen LogP contribution in [0.3, 0.4) is 0 Å². The molecule has 0 aliphatic carbocycles. The van der Waals surface area contributed by atoms with Crippen LogP contribution in [0.2, 0.25) is 0 Å². The number of aliphatic carboxylic acids is 1. The van der Waals surface area contributed by atoms with Gasteiger partial charge in [0.2, 0.25) is 0 Å². The lowest BCUT2D eigenvalue weighted by Crippen LogP contribution is -2.42. The van der Waals surface area contributed by atoms with Crippen molar-refractivity contribution < 1.29 is 29.6 Å². The van der Waals surface area contributed by atoms with Crippen LogP contribution in [0.4, 0.5) is 4.79 Å². The van der Waals surface area contributed by atoms with Crippen molar-refractivity contribution in [1.29, 1.82) is 0 Å². The summed E-state index contributed by atoms with van der Waals surface area (Å²) in [5, 5.41) is 30.2. The fourth-order valence-corrected chi connectivity index (χ4v) is 1.60. The third-order valence-electron chi connectivity index (χ3n) is 2.49. The molecule has 0 spiro atoms. The summed E-state index contributed by atoms with van der Waals surface area (Å²) in [5.41, 5.74) is -0.425. The van der Waals surface area contributed by atoms with Gasteiger partial charge < -0.3 is 25.4 Å². The second-order valence-corrected chi connectivity index (χ2v) is 5.50. The molecule has 1 aromatic carbocycles. The number of phenols is 1. The van der Waals surface area contributed by atoms with E-state index in [9.17, 15) is 19.8 Å². The Labute approximate surface area is 122 Å². The maximum Gasteiger partial charge on any atom is 0.408 e. The van der Waals surface area contributed by atoms with Crippen LogP contribution in [0.15, 0.2) is 24.3 Å². The number of carboxylic acids is 1. The zero-order chi connectivity index (χ0) is 16.2. The molecule has 1 rings (SSSR count). The van der Waals surface area contributed by atoms with Crippen LogP contribution in [-0.2, 0) is 9.53 Å². The Bertz CT molecular complexity index is 505. The molecule has 0 unspecified atom stereocenters. The fourth-order valence-electron chi connectivity index (χ4n) is 1.60. The predicted molar refractivity (Wildman–Crippen MR) is 73.9 cm³/mol. The van der Waals surface area contributed by atoms with Gasteiger partial charge in [-0.05, 0) is 38.5 Å². The molecule has 1 aromatic rings. The van der Waals surface area contributed by atoms with E-state index in [1.165, 1.54) is 24.3 Å². The molecule has 1 amide bonds. The summed E-state index contributed by atoms with van der Waals surface area (Å²) in [6.45, 7) is 4.99.